The SMILES string of the molecule is CC(C)C(CC(=O)O)NC(=O)NCCCN1CCOCC1. The van der Waals surface area contributed by atoms with Gasteiger partial charge in [-0.05, 0) is 18.9 Å². The predicted molar refractivity (Wildman–Crippen MR) is 79.3 cm³/mol. The molecule has 1 aliphatic heterocycles. The minimum Gasteiger partial charge on any atom is -0.481 e. The van der Waals surface area contributed by atoms with Crippen molar-refractivity contribution in [3.63, 3.8) is 0 Å². The van der Waals surface area contributed by atoms with Gasteiger partial charge < -0.3 is 20.5 Å². The van der Waals surface area contributed by atoms with Gasteiger partial charge in [0.1, 0.15) is 0 Å². The highest BCUT2D eigenvalue weighted by Crippen LogP contribution is 2.05. The number of aliphatic carboxylic acids is 1. The van der Waals surface area contributed by atoms with Crippen LogP contribution in [0.2, 0.25) is 0 Å². The van der Waals surface area contributed by atoms with Crippen molar-refractivity contribution in [2.75, 3.05) is 39.4 Å². The number of nitrogens with one attached hydrogen (secondary N) is 2. The number of hydrogen-bond acceptors (Lipinski definition) is 4. The van der Waals surface area contributed by atoms with Gasteiger partial charge in [-0.3, -0.25) is 9.69 Å². The molecule has 0 radical (unpaired) electrons. The van der Waals surface area contributed by atoms with E-state index >= 15 is 0 Å². The van der Waals surface area contributed by atoms with Crippen molar-refractivity contribution in [1.82, 2.24) is 15.5 Å². The van der Waals surface area contributed by atoms with E-state index in [-0.39, 0.29) is 24.4 Å². The fourth-order valence-electron chi connectivity index (χ4n) is 2.19. The zero-order chi connectivity index (χ0) is 15.7. The van der Waals surface area contributed by atoms with Crippen molar-refractivity contribution < 1.29 is 19.4 Å². The van der Waals surface area contributed by atoms with E-state index in [1.807, 2.05) is 13.8 Å². The number of carboxylic acid groups (broad SMARTS) is 1. The average molecular weight is 301 g/mol. The Hall–Kier alpha value is -1.34. The molecule has 1 aliphatic rings. The van der Waals surface area contributed by atoms with Gasteiger partial charge in [-0.15, -0.1) is 0 Å². The molecule has 1 saturated heterocycles. The van der Waals surface area contributed by atoms with E-state index in [9.17, 15) is 9.59 Å². The Morgan fingerprint density at radius 1 is 1.29 bits per heavy atom. The molecule has 0 aliphatic carbocycles. The first kappa shape index (κ1) is 17.7. The number of urea groups is 1. The third-order valence-electron chi connectivity index (χ3n) is 3.56. The third kappa shape index (κ3) is 7.87. The van der Waals surface area contributed by atoms with Gasteiger partial charge in [-0.25, -0.2) is 4.79 Å². The maximum absolute atomic E-state index is 11.7. The zero-order valence-corrected chi connectivity index (χ0v) is 12.9. The number of carbonyl (C=O) groups excluding carboxylic acids is 1. The molecule has 7 nitrogen and oxygen atoms in total. The topological polar surface area (TPSA) is 90.9 Å². The van der Waals surface area contributed by atoms with Crippen LogP contribution >= 0.6 is 0 Å². The summed E-state index contributed by atoms with van der Waals surface area (Å²) in [6, 6.07) is -0.640. The maximum Gasteiger partial charge on any atom is 0.315 e. The Kier molecular flexibility index (Phi) is 8.07. The number of ether oxygens (including phenoxy) is 1. The summed E-state index contributed by atoms with van der Waals surface area (Å²) < 4.78 is 5.27. The van der Waals surface area contributed by atoms with Crippen LogP contribution in [0, 0.1) is 5.92 Å². The number of hydrogen-bond donors (Lipinski definition) is 3. The fourth-order valence-corrected chi connectivity index (χ4v) is 2.19. The molecule has 7 heteroatoms. The summed E-state index contributed by atoms with van der Waals surface area (Å²) in [7, 11) is 0. The lowest BCUT2D eigenvalue weighted by atomic mass is 10.0. The highest BCUT2D eigenvalue weighted by Gasteiger charge is 2.19. The van der Waals surface area contributed by atoms with E-state index in [1.165, 1.54) is 0 Å². The van der Waals surface area contributed by atoms with Gasteiger partial charge in [0.05, 0.1) is 19.6 Å². The quantitative estimate of drug-likeness (QED) is 0.568. The van der Waals surface area contributed by atoms with Crippen LogP contribution in [0.25, 0.3) is 0 Å². The average Bonchev–Trinajstić information content (AvgIpc) is 2.43. The number of carboxylic acids is 1. The smallest absolute Gasteiger partial charge is 0.315 e. The Balaban J connectivity index is 2.15. The molecule has 21 heavy (non-hydrogen) atoms. The van der Waals surface area contributed by atoms with Crippen molar-refractivity contribution in [3.05, 3.63) is 0 Å². The maximum atomic E-state index is 11.7. The van der Waals surface area contributed by atoms with Crippen molar-refractivity contribution >= 4 is 12.0 Å². The van der Waals surface area contributed by atoms with Gasteiger partial charge in [-0.2, -0.15) is 0 Å². The highest BCUT2D eigenvalue weighted by atomic mass is 16.5. The minimum atomic E-state index is -0.902. The molecule has 0 aromatic heterocycles. The summed E-state index contributed by atoms with van der Waals surface area (Å²) in [6.07, 6.45) is 0.817. The zero-order valence-electron chi connectivity index (χ0n) is 12.9. The molecule has 2 amide bonds. The number of nitrogens with zero attached hydrogens (tertiary/aromatic N) is 1. The first-order valence-electron chi connectivity index (χ1n) is 7.55. The summed E-state index contributed by atoms with van der Waals surface area (Å²) in [5, 5.41) is 14.3. The van der Waals surface area contributed by atoms with Gasteiger partial charge in [-0.1, -0.05) is 13.8 Å². The van der Waals surface area contributed by atoms with Crippen molar-refractivity contribution in [2.45, 2.75) is 32.7 Å². The Morgan fingerprint density at radius 3 is 2.52 bits per heavy atom. The van der Waals surface area contributed by atoms with E-state index in [0.29, 0.717) is 6.54 Å². The summed E-state index contributed by atoms with van der Waals surface area (Å²) in [4.78, 5) is 24.8. The summed E-state index contributed by atoms with van der Waals surface area (Å²) in [5.41, 5.74) is 0. The second-order valence-corrected chi connectivity index (χ2v) is 5.66. The minimum absolute atomic E-state index is 0.0567. The number of rotatable bonds is 8. The van der Waals surface area contributed by atoms with Crippen LogP contribution in [-0.2, 0) is 9.53 Å². The summed E-state index contributed by atoms with van der Waals surface area (Å²) in [6.45, 7) is 8.75. The van der Waals surface area contributed by atoms with Gasteiger partial charge >= 0.3 is 12.0 Å². The molecule has 0 spiro atoms. The molecule has 0 aromatic carbocycles. The highest BCUT2D eigenvalue weighted by molar-refractivity contribution is 5.75. The van der Waals surface area contributed by atoms with E-state index in [4.69, 9.17) is 9.84 Å². The molecule has 0 saturated carbocycles. The normalized spacial score (nSPS) is 17.5. The van der Waals surface area contributed by atoms with Gasteiger partial charge in [0.25, 0.3) is 0 Å². The van der Waals surface area contributed by atoms with Crippen LogP contribution in [0.4, 0.5) is 4.79 Å². The molecule has 122 valence electrons. The van der Waals surface area contributed by atoms with Crippen molar-refractivity contribution in [1.29, 1.82) is 0 Å². The molecule has 1 heterocycles. The van der Waals surface area contributed by atoms with Crippen LogP contribution in [0.15, 0.2) is 0 Å². The number of carbonyl (C=O) groups is 2. The first-order valence-corrected chi connectivity index (χ1v) is 7.55. The second-order valence-electron chi connectivity index (χ2n) is 5.66. The van der Waals surface area contributed by atoms with Crippen LogP contribution in [-0.4, -0.2) is 67.4 Å². The Morgan fingerprint density at radius 2 is 1.95 bits per heavy atom. The Labute approximate surface area is 126 Å². The van der Waals surface area contributed by atoms with Gasteiger partial charge in [0.2, 0.25) is 0 Å². The van der Waals surface area contributed by atoms with Gasteiger partial charge in [0, 0.05) is 25.7 Å². The van der Waals surface area contributed by atoms with Gasteiger partial charge in [0.15, 0.2) is 0 Å². The Bertz CT molecular complexity index is 330. The lowest BCUT2D eigenvalue weighted by Gasteiger charge is -2.26. The molecule has 3 N–H and O–H groups in total. The van der Waals surface area contributed by atoms with Crippen molar-refractivity contribution in [3.8, 4) is 0 Å². The van der Waals surface area contributed by atoms with E-state index in [2.05, 4.69) is 15.5 Å². The molecule has 1 unspecified atom stereocenters. The van der Waals surface area contributed by atoms with E-state index in [1.54, 1.807) is 0 Å². The molecule has 0 aromatic rings. The van der Waals surface area contributed by atoms with Crippen LogP contribution < -0.4 is 10.6 Å². The molecular weight excluding hydrogens is 274 g/mol. The monoisotopic (exact) mass is 301 g/mol. The largest absolute Gasteiger partial charge is 0.481 e. The fraction of sp³-hybridized carbons (Fsp3) is 0.857. The standard InChI is InChI=1S/C14H27N3O4/c1-11(2)12(10-13(18)19)16-14(20)15-4-3-5-17-6-8-21-9-7-17/h11-12H,3-10H2,1-2H3,(H,18,19)(H2,15,16,20). The summed E-state index contributed by atoms with van der Waals surface area (Å²) in [5.74, 6) is -0.818. The summed E-state index contributed by atoms with van der Waals surface area (Å²) >= 11 is 0. The molecular formula is C14H27N3O4. The van der Waals surface area contributed by atoms with Crippen LogP contribution in [0.5, 0.6) is 0 Å². The lowest BCUT2D eigenvalue weighted by Crippen LogP contribution is -2.46. The third-order valence-corrected chi connectivity index (χ3v) is 3.56. The molecule has 1 atom stereocenters. The van der Waals surface area contributed by atoms with E-state index in [0.717, 1.165) is 39.3 Å². The van der Waals surface area contributed by atoms with Crippen LogP contribution in [0.1, 0.15) is 26.7 Å². The molecule has 0 bridgehead atoms. The van der Waals surface area contributed by atoms with E-state index < -0.39 is 5.97 Å². The molecule has 1 fully saturated rings. The van der Waals surface area contributed by atoms with Crippen LogP contribution in [0.3, 0.4) is 0 Å². The second kappa shape index (κ2) is 9.57. The number of morpholine rings is 1. The molecule has 1 rings (SSSR count). The van der Waals surface area contributed by atoms with Crippen molar-refractivity contribution in [2.24, 2.45) is 5.92 Å². The predicted octanol–water partition coefficient (Wildman–Crippen LogP) is 0.507. The first-order chi connectivity index (χ1) is 9.99. The lowest BCUT2D eigenvalue weighted by molar-refractivity contribution is -0.137. The number of amides is 2.